The van der Waals surface area contributed by atoms with Crippen LogP contribution in [0.1, 0.15) is 40.9 Å². The summed E-state index contributed by atoms with van der Waals surface area (Å²) in [5, 5.41) is 0. The van der Waals surface area contributed by atoms with E-state index in [0.717, 1.165) is 0 Å². The predicted molar refractivity (Wildman–Crippen MR) is 128 cm³/mol. The van der Waals surface area contributed by atoms with Crippen LogP contribution in [0.3, 0.4) is 0 Å². The van der Waals surface area contributed by atoms with Gasteiger partial charge in [-0.25, -0.2) is 13.2 Å². The molecule has 34 heavy (non-hydrogen) atoms. The minimum absolute atomic E-state index is 0.150. The third-order valence-electron chi connectivity index (χ3n) is 5.97. The molecule has 5 rings (SSSR count). The van der Waals surface area contributed by atoms with Gasteiger partial charge in [0.2, 0.25) is 10.0 Å². The highest BCUT2D eigenvalue weighted by Gasteiger charge is 2.50. The zero-order valence-electron chi connectivity index (χ0n) is 18.5. The smallest absolute Gasteiger partial charge is 0.344 e. The third kappa shape index (κ3) is 3.49. The molecular weight excluding hydrogens is 454 g/mol. The van der Waals surface area contributed by atoms with Gasteiger partial charge in [-0.05, 0) is 43.7 Å². The first kappa shape index (κ1) is 22.0. The van der Waals surface area contributed by atoms with Crippen molar-refractivity contribution in [3.8, 4) is 0 Å². The summed E-state index contributed by atoms with van der Waals surface area (Å²) in [5.74, 6) is -0.611. The molecule has 0 radical (unpaired) electrons. The van der Waals surface area contributed by atoms with Gasteiger partial charge in [-0.15, -0.1) is 0 Å². The van der Waals surface area contributed by atoms with E-state index in [1.165, 1.54) is 18.0 Å². The first-order chi connectivity index (χ1) is 16.2. The number of nitrogens with one attached hydrogen (secondary N) is 1. The van der Waals surface area contributed by atoms with E-state index in [0.29, 0.717) is 39.4 Å². The number of ether oxygens (including phenoxy) is 1. The average molecular weight is 476 g/mol. The fourth-order valence-corrected chi connectivity index (χ4v) is 5.23. The van der Waals surface area contributed by atoms with Crippen LogP contribution in [-0.4, -0.2) is 31.0 Å². The molecule has 8 nitrogen and oxygen atoms in total. The number of esters is 1. The Hall–Kier alpha value is -3.82. The lowest BCUT2D eigenvalue weighted by molar-refractivity contribution is -0.122. The largest absolute Gasteiger partial charge is 0.422 e. The number of amides is 1. The molecule has 1 unspecified atom stereocenters. The highest BCUT2D eigenvalue weighted by molar-refractivity contribution is 7.89. The van der Waals surface area contributed by atoms with E-state index in [4.69, 9.17) is 4.74 Å². The SMILES string of the molecule is CCS(=O)(=O)NC1(C)C(=O)N(c2cncc(C=C3OC(=O)c4ccccc43)c2)c2ccccc21. The number of cyclic esters (lactones) is 1. The lowest BCUT2D eigenvalue weighted by Gasteiger charge is -2.25. The number of hydrogen-bond acceptors (Lipinski definition) is 6. The first-order valence-corrected chi connectivity index (χ1v) is 12.3. The Morgan fingerprint density at radius 3 is 2.53 bits per heavy atom. The van der Waals surface area contributed by atoms with Crippen molar-refractivity contribution in [1.29, 1.82) is 0 Å². The number of para-hydroxylation sites is 1. The predicted octanol–water partition coefficient (Wildman–Crippen LogP) is 3.58. The molecule has 9 heteroatoms. The second kappa shape index (κ2) is 7.89. The highest BCUT2D eigenvalue weighted by Crippen LogP contribution is 2.44. The Balaban J connectivity index is 1.57. The van der Waals surface area contributed by atoms with Crippen LogP contribution in [0, 0.1) is 0 Å². The number of fused-ring (bicyclic) bond motifs is 2. The molecular formula is C25H21N3O5S. The van der Waals surface area contributed by atoms with Crippen molar-refractivity contribution >= 4 is 45.1 Å². The summed E-state index contributed by atoms with van der Waals surface area (Å²) in [7, 11) is -3.67. The van der Waals surface area contributed by atoms with Crippen molar-refractivity contribution in [2.75, 3.05) is 10.7 Å². The van der Waals surface area contributed by atoms with E-state index < -0.39 is 27.4 Å². The first-order valence-electron chi connectivity index (χ1n) is 10.7. The Morgan fingerprint density at radius 1 is 1.06 bits per heavy atom. The molecule has 172 valence electrons. The summed E-state index contributed by atoms with van der Waals surface area (Å²) < 4.78 is 32.8. The quantitative estimate of drug-likeness (QED) is 0.566. The van der Waals surface area contributed by atoms with Gasteiger partial charge in [-0.2, -0.15) is 4.72 Å². The topological polar surface area (TPSA) is 106 Å². The maximum atomic E-state index is 13.6. The number of anilines is 2. The number of nitrogens with zero attached hydrogens (tertiary/aromatic N) is 2. The molecule has 3 aromatic rings. The molecule has 2 aliphatic rings. The number of benzene rings is 2. The van der Waals surface area contributed by atoms with E-state index in [1.807, 2.05) is 6.07 Å². The molecule has 2 aliphatic heterocycles. The maximum Gasteiger partial charge on any atom is 0.344 e. The third-order valence-corrected chi connectivity index (χ3v) is 7.45. The number of carbonyl (C=O) groups is 2. The van der Waals surface area contributed by atoms with Crippen molar-refractivity contribution < 1.29 is 22.7 Å². The molecule has 0 bridgehead atoms. The monoisotopic (exact) mass is 475 g/mol. The van der Waals surface area contributed by atoms with E-state index in [1.54, 1.807) is 67.7 Å². The van der Waals surface area contributed by atoms with Gasteiger partial charge >= 0.3 is 5.97 Å². The lowest BCUT2D eigenvalue weighted by atomic mass is 9.95. The minimum Gasteiger partial charge on any atom is -0.422 e. The van der Waals surface area contributed by atoms with Gasteiger partial charge < -0.3 is 4.74 Å². The van der Waals surface area contributed by atoms with E-state index in [-0.39, 0.29) is 5.75 Å². The van der Waals surface area contributed by atoms with Crippen molar-refractivity contribution in [3.05, 3.63) is 89.2 Å². The van der Waals surface area contributed by atoms with Gasteiger partial charge in [0.1, 0.15) is 11.3 Å². The number of hydrogen-bond donors (Lipinski definition) is 1. The van der Waals surface area contributed by atoms with Crippen LogP contribution in [0.2, 0.25) is 0 Å². The second-order valence-electron chi connectivity index (χ2n) is 8.21. The average Bonchev–Trinajstić information content (AvgIpc) is 3.25. The van der Waals surface area contributed by atoms with Crippen LogP contribution in [0.25, 0.3) is 11.8 Å². The zero-order chi connectivity index (χ0) is 24.1. The molecule has 1 atom stereocenters. The van der Waals surface area contributed by atoms with Crippen molar-refractivity contribution in [1.82, 2.24) is 9.71 Å². The summed E-state index contributed by atoms with van der Waals surface area (Å²) in [6.07, 6.45) is 4.81. The fraction of sp³-hybridized carbons (Fsp3) is 0.160. The Kier molecular flexibility index (Phi) is 5.11. The molecule has 2 aromatic carbocycles. The standard InChI is InChI=1S/C25H21N3O5S/c1-3-34(31,32)27-25(2)20-10-6-7-11-21(20)28(24(25)30)17-12-16(14-26-15-17)13-22-18-8-4-5-9-19(18)23(29)33-22/h4-15,27H,3H2,1-2H3. The van der Waals surface area contributed by atoms with Crippen molar-refractivity contribution in [2.24, 2.45) is 0 Å². The minimum atomic E-state index is -3.67. The summed E-state index contributed by atoms with van der Waals surface area (Å²) in [6, 6.07) is 15.9. The summed E-state index contributed by atoms with van der Waals surface area (Å²) in [6.45, 7) is 3.08. The summed E-state index contributed by atoms with van der Waals surface area (Å²) >= 11 is 0. The van der Waals surface area contributed by atoms with Crippen LogP contribution in [0.15, 0.2) is 67.0 Å². The highest BCUT2D eigenvalue weighted by atomic mass is 32.2. The Bertz CT molecular complexity index is 1480. The second-order valence-corrected chi connectivity index (χ2v) is 10.2. The molecule has 0 saturated heterocycles. The van der Waals surface area contributed by atoms with Gasteiger partial charge in [-0.3, -0.25) is 14.7 Å². The lowest BCUT2D eigenvalue weighted by Crippen LogP contribution is -2.50. The van der Waals surface area contributed by atoms with Gasteiger partial charge in [0.25, 0.3) is 5.91 Å². The number of sulfonamides is 1. The van der Waals surface area contributed by atoms with E-state index in [9.17, 15) is 18.0 Å². The van der Waals surface area contributed by atoms with Crippen LogP contribution < -0.4 is 9.62 Å². The number of aromatic nitrogens is 1. The fourth-order valence-electron chi connectivity index (χ4n) is 4.27. The molecule has 1 N–H and O–H groups in total. The molecule has 1 aromatic heterocycles. The zero-order valence-corrected chi connectivity index (χ0v) is 19.3. The number of pyridine rings is 1. The maximum absolute atomic E-state index is 13.6. The van der Waals surface area contributed by atoms with Crippen molar-refractivity contribution in [3.63, 3.8) is 0 Å². The number of rotatable bonds is 5. The van der Waals surface area contributed by atoms with Crippen molar-refractivity contribution in [2.45, 2.75) is 19.4 Å². The molecule has 1 amide bonds. The van der Waals surface area contributed by atoms with Crippen LogP contribution in [-0.2, 0) is 25.1 Å². The Morgan fingerprint density at radius 2 is 1.76 bits per heavy atom. The normalized spacial score (nSPS) is 20.4. The molecule has 0 aliphatic carbocycles. The van der Waals surface area contributed by atoms with Gasteiger partial charge in [0.05, 0.1) is 28.9 Å². The van der Waals surface area contributed by atoms with Gasteiger partial charge in [0, 0.05) is 17.3 Å². The van der Waals surface area contributed by atoms with Crippen LogP contribution in [0.5, 0.6) is 0 Å². The molecule has 3 heterocycles. The number of carbonyl (C=O) groups excluding carboxylic acids is 2. The van der Waals surface area contributed by atoms with Gasteiger partial charge in [0.15, 0.2) is 0 Å². The van der Waals surface area contributed by atoms with Gasteiger partial charge in [-0.1, -0.05) is 36.4 Å². The summed E-state index contributed by atoms with van der Waals surface area (Å²) in [4.78, 5) is 31.5. The molecule has 0 spiro atoms. The summed E-state index contributed by atoms with van der Waals surface area (Å²) in [5.41, 5.74) is 1.91. The van der Waals surface area contributed by atoms with E-state index in [2.05, 4.69) is 9.71 Å². The molecule has 0 fully saturated rings. The molecule has 0 saturated carbocycles. The van der Waals surface area contributed by atoms with Crippen LogP contribution >= 0.6 is 0 Å². The van der Waals surface area contributed by atoms with Crippen LogP contribution in [0.4, 0.5) is 11.4 Å². The Labute approximate surface area is 196 Å². The van der Waals surface area contributed by atoms with E-state index >= 15 is 0 Å².